The minimum atomic E-state index is 0.103. The second kappa shape index (κ2) is 8.34. The molecule has 0 bridgehead atoms. The van der Waals surface area contributed by atoms with Gasteiger partial charge < -0.3 is 10.1 Å². The van der Waals surface area contributed by atoms with Gasteiger partial charge >= 0.3 is 0 Å². The summed E-state index contributed by atoms with van der Waals surface area (Å²) in [4.78, 5) is 12.0. The number of hydrogen-bond acceptors (Lipinski definition) is 2. The van der Waals surface area contributed by atoms with Crippen molar-refractivity contribution >= 4 is 16.7 Å². The minimum Gasteiger partial charge on any atom is -0.497 e. The Morgan fingerprint density at radius 2 is 1.68 bits per heavy atom. The van der Waals surface area contributed by atoms with Crippen molar-refractivity contribution in [2.24, 2.45) is 0 Å². The van der Waals surface area contributed by atoms with Crippen LogP contribution in [0.1, 0.15) is 24.0 Å². The topological polar surface area (TPSA) is 38.3 Å². The molecule has 0 aliphatic carbocycles. The molecule has 0 aromatic heterocycles. The molecule has 0 radical (unpaired) electrons. The molecular weight excluding hydrogens is 310 g/mol. The number of fused-ring (bicyclic) bond motifs is 1. The van der Waals surface area contributed by atoms with Crippen LogP contribution in [-0.2, 0) is 17.8 Å². The largest absolute Gasteiger partial charge is 0.497 e. The van der Waals surface area contributed by atoms with Crippen LogP contribution in [0.3, 0.4) is 0 Å². The van der Waals surface area contributed by atoms with Crippen molar-refractivity contribution in [1.82, 2.24) is 5.32 Å². The van der Waals surface area contributed by atoms with E-state index in [9.17, 15) is 4.79 Å². The van der Waals surface area contributed by atoms with Crippen molar-refractivity contribution in [3.63, 3.8) is 0 Å². The highest BCUT2D eigenvalue weighted by Crippen LogP contribution is 2.21. The van der Waals surface area contributed by atoms with Gasteiger partial charge in [-0.25, -0.2) is 0 Å². The fourth-order valence-electron chi connectivity index (χ4n) is 2.90. The van der Waals surface area contributed by atoms with Gasteiger partial charge in [-0.1, -0.05) is 48.5 Å². The van der Waals surface area contributed by atoms with Gasteiger partial charge in [-0.3, -0.25) is 4.79 Å². The lowest BCUT2D eigenvalue weighted by Crippen LogP contribution is -2.22. The van der Waals surface area contributed by atoms with Gasteiger partial charge in [-0.05, 0) is 52.9 Å². The summed E-state index contributed by atoms with van der Waals surface area (Å²) in [5.41, 5.74) is 2.38. The van der Waals surface area contributed by atoms with Gasteiger partial charge in [-0.2, -0.15) is 0 Å². The molecular formula is C22H23NO2. The second-order valence-corrected chi connectivity index (χ2v) is 6.16. The summed E-state index contributed by atoms with van der Waals surface area (Å²) in [6.45, 7) is 0.562. The smallest absolute Gasteiger partial charge is 0.220 e. The normalized spacial score (nSPS) is 10.6. The van der Waals surface area contributed by atoms with E-state index in [1.165, 1.54) is 5.56 Å². The third kappa shape index (κ3) is 4.83. The molecule has 0 saturated carbocycles. The Morgan fingerprint density at radius 3 is 2.48 bits per heavy atom. The summed E-state index contributed by atoms with van der Waals surface area (Å²) in [7, 11) is 1.67. The zero-order chi connectivity index (χ0) is 17.5. The van der Waals surface area contributed by atoms with Crippen LogP contribution in [0.4, 0.5) is 0 Å². The minimum absolute atomic E-state index is 0.103. The first kappa shape index (κ1) is 17.0. The number of carbonyl (C=O) groups is 1. The van der Waals surface area contributed by atoms with Crippen molar-refractivity contribution < 1.29 is 9.53 Å². The van der Waals surface area contributed by atoms with Crippen LogP contribution in [-0.4, -0.2) is 13.0 Å². The molecule has 3 aromatic carbocycles. The number of aryl methyl sites for hydroxylation is 1. The first-order chi connectivity index (χ1) is 12.2. The number of methoxy groups -OCH3 is 1. The van der Waals surface area contributed by atoms with E-state index >= 15 is 0 Å². The molecule has 0 heterocycles. The SMILES string of the molecule is COc1ccc2cc(CNC(=O)CCCc3ccccc3)ccc2c1. The van der Waals surface area contributed by atoms with Crippen molar-refractivity contribution in [2.45, 2.75) is 25.8 Å². The predicted molar refractivity (Wildman–Crippen MR) is 102 cm³/mol. The highest BCUT2D eigenvalue weighted by atomic mass is 16.5. The number of benzene rings is 3. The lowest BCUT2D eigenvalue weighted by Gasteiger charge is -2.08. The molecule has 3 heteroatoms. The van der Waals surface area contributed by atoms with Crippen LogP contribution >= 0.6 is 0 Å². The van der Waals surface area contributed by atoms with Gasteiger partial charge in [0.2, 0.25) is 5.91 Å². The van der Waals surface area contributed by atoms with E-state index in [1.807, 2.05) is 42.5 Å². The van der Waals surface area contributed by atoms with Crippen molar-refractivity contribution in [3.05, 3.63) is 77.9 Å². The van der Waals surface area contributed by atoms with Crippen LogP contribution in [0, 0.1) is 0 Å². The molecule has 0 fully saturated rings. The summed E-state index contributed by atoms with van der Waals surface area (Å²) in [6.07, 6.45) is 2.36. The summed E-state index contributed by atoms with van der Waals surface area (Å²) in [5.74, 6) is 0.956. The summed E-state index contributed by atoms with van der Waals surface area (Å²) >= 11 is 0. The summed E-state index contributed by atoms with van der Waals surface area (Å²) in [5, 5.41) is 5.29. The Morgan fingerprint density at radius 1 is 0.920 bits per heavy atom. The average molecular weight is 333 g/mol. The number of nitrogens with one attached hydrogen (secondary N) is 1. The van der Waals surface area contributed by atoms with E-state index in [-0.39, 0.29) is 5.91 Å². The van der Waals surface area contributed by atoms with Crippen LogP contribution in [0.15, 0.2) is 66.7 Å². The van der Waals surface area contributed by atoms with E-state index in [2.05, 4.69) is 29.6 Å². The number of carbonyl (C=O) groups excluding carboxylic acids is 1. The molecule has 3 rings (SSSR count). The first-order valence-corrected chi connectivity index (χ1v) is 8.62. The monoisotopic (exact) mass is 333 g/mol. The fourth-order valence-corrected chi connectivity index (χ4v) is 2.90. The van der Waals surface area contributed by atoms with Crippen LogP contribution < -0.4 is 10.1 Å². The zero-order valence-electron chi connectivity index (χ0n) is 14.5. The summed E-state index contributed by atoms with van der Waals surface area (Å²) < 4.78 is 5.24. The average Bonchev–Trinajstić information content (AvgIpc) is 2.66. The van der Waals surface area contributed by atoms with Crippen LogP contribution in [0.2, 0.25) is 0 Å². The third-order valence-electron chi connectivity index (χ3n) is 4.31. The van der Waals surface area contributed by atoms with Gasteiger partial charge in [0, 0.05) is 13.0 Å². The Kier molecular flexibility index (Phi) is 5.68. The Hall–Kier alpha value is -2.81. The number of amides is 1. The molecule has 128 valence electrons. The fraction of sp³-hybridized carbons (Fsp3) is 0.227. The second-order valence-electron chi connectivity index (χ2n) is 6.16. The standard InChI is InChI=1S/C22H23NO2/c1-25-21-13-12-19-14-18(10-11-20(19)15-21)16-23-22(24)9-5-8-17-6-3-2-4-7-17/h2-4,6-7,10-15H,5,8-9,16H2,1H3,(H,23,24). The highest BCUT2D eigenvalue weighted by molar-refractivity contribution is 5.84. The van der Waals surface area contributed by atoms with Gasteiger partial charge in [0.1, 0.15) is 5.75 Å². The van der Waals surface area contributed by atoms with Crippen LogP contribution in [0.25, 0.3) is 10.8 Å². The van der Waals surface area contributed by atoms with Gasteiger partial charge in [0.15, 0.2) is 0 Å². The molecule has 3 aromatic rings. The van der Waals surface area contributed by atoms with E-state index in [1.54, 1.807) is 7.11 Å². The van der Waals surface area contributed by atoms with Gasteiger partial charge in [-0.15, -0.1) is 0 Å². The Labute approximate surface area is 148 Å². The molecule has 3 nitrogen and oxygen atoms in total. The lowest BCUT2D eigenvalue weighted by atomic mass is 10.1. The molecule has 0 unspecified atom stereocenters. The quantitative estimate of drug-likeness (QED) is 0.692. The van der Waals surface area contributed by atoms with E-state index in [4.69, 9.17) is 4.74 Å². The Balaban J connectivity index is 1.49. The maximum atomic E-state index is 12.0. The predicted octanol–water partition coefficient (Wildman–Crippen LogP) is 4.49. The third-order valence-corrected chi connectivity index (χ3v) is 4.31. The Bertz CT molecular complexity index is 843. The first-order valence-electron chi connectivity index (χ1n) is 8.62. The van der Waals surface area contributed by atoms with Gasteiger partial charge in [0.05, 0.1) is 7.11 Å². The van der Waals surface area contributed by atoms with Gasteiger partial charge in [0.25, 0.3) is 0 Å². The molecule has 0 aliphatic rings. The molecule has 0 atom stereocenters. The van der Waals surface area contributed by atoms with Crippen molar-refractivity contribution in [1.29, 1.82) is 0 Å². The maximum absolute atomic E-state index is 12.0. The molecule has 25 heavy (non-hydrogen) atoms. The molecule has 1 N–H and O–H groups in total. The molecule has 0 spiro atoms. The zero-order valence-corrected chi connectivity index (χ0v) is 14.5. The highest BCUT2D eigenvalue weighted by Gasteiger charge is 2.03. The lowest BCUT2D eigenvalue weighted by molar-refractivity contribution is -0.121. The number of rotatable bonds is 7. The number of ether oxygens (including phenoxy) is 1. The summed E-state index contributed by atoms with van der Waals surface area (Å²) in [6, 6.07) is 22.5. The maximum Gasteiger partial charge on any atom is 0.220 e. The molecule has 0 aliphatic heterocycles. The van der Waals surface area contributed by atoms with Crippen molar-refractivity contribution in [3.8, 4) is 5.75 Å². The molecule has 0 saturated heterocycles. The van der Waals surface area contributed by atoms with E-state index in [0.717, 1.165) is 34.9 Å². The molecule has 1 amide bonds. The van der Waals surface area contributed by atoms with E-state index < -0.39 is 0 Å². The van der Waals surface area contributed by atoms with Crippen LogP contribution in [0.5, 0.6) is 5.75 Å². The number of hydrogen-bond donors (Lipinski definition) is 1. The van der Waals surface area contributed by atoms with Crippen molar-refractivity contribution in [2.75, 3.05) is 7.11 Å². The van der Waals surface area contributed by atoms with E-state index in [0.29, 0.717) is 13.0 Å².